The summed E-state index contributed by atoms with van der Waals surface area (Å²) in [6.45, 7) is 0.939. The lowest BCUT2D eigenvalue weighted by Gasteiger charge is -2.19. The van der Waals surface area contributed by atoms with Crippen molar-refractivity contribution in [3.63, 3.8) is 0 Å². The predicted molar refractivity (Wildman–Crippen MR) is 65.5 cm³/mol. The van der Waals surface area contributed by atoms with Crippen molar-refractivity contribution in [2.24, 2.45) is 5.92 Å². The smallest absolute Gasteiger partial charge is 0.434 e. The Balaban J connectivity index is 1.51. The number of hydrogen-bond acceptors (Lipinski definition) is 3. The van der Waals surface area contributed by atoms with E-state index in [2.05, 4.69) is 0 Å². The number of fused-ring (bicyclic) bond motifs is 1. The Kier molecular flexibility index (Phi) is 3.19. The molecular weight excluding hydrogens is 230 g/mol. The van der Waals surface area contributed by atoms with Crippen molar-refractivity contribution in [3.8, 4) is 0 Å². The minimum atomic E-state index is -0.369. The molecule has 4 nitrogen and oxygen atoms in total. The molecule has 1 aromatic carbocycles. The van der Waals surface area contributed by atoms with Gasteiger partial charge in [-0.25, -0.2) is 4.79 Å². The van der Waals surface area contributed by atoms with E-state index in [1.54, 1.807) is 0 Å². The summed E-state index contributed by atoms with van der Waals surface area (Å²) in [6, 6.07) is 9.68. The third kappa shape index (κ3) is 2.64. The van der Waals surface area contributed by atoms with Gasteiger partial charge in [-0.3, -0.25) is 4.84 Å². The van der Waals surface area contributed by atoms with Crippen LogP contribution in [0.5, 0.6) is 0 Å². The van der Waals surface area contributed by atoms with Gasteiger partial charge in [-0.15, -0.1) is 0 Å². The Morgan fingerprint density at radius 3 is 3.06 bits per heavy atom. The van der Waals surface area contributed by atoms with E-state index in [0.717, 1.165) is 24.8 Å². The minimum absolute atomic E-state index is 0.247. The van der Waals surface area contributed by atoms with Crippen LogP contribution in [0.1, 0.15) is 24.8 Å². The first kappa shape index (κ1) is 11.5. The van der Waals surface area contributed by atoms with Gasteiger partial charge in [0.2, 0.25) is 0 Å². The molecule has 0 radical (unpaired) electrons. The van der Waals surface area contributed by atoms with Crippen molar-refractivity contribution in [1.29, 1.82) is 0 Å². The van der Waals surface area contributed by atoms with Crippen molar-refractivity contribution in [2.45, 2.75) is 32.0 Å². The lowest BCUT2D eigenvalue weighted by atomic mass is 10.2. The maximum Gasteiger partial charge on any atom is 0.434 e. The van der Waals surface area contributed by atoms with Gasteiger partial charge in [0.1, 0.15) is 6.61 Å². The zero-order chi connectivity index (χ0) is 12.4. The molecule has 2 fully saturated rings. The van der Waals surface area contributed by atoms with E-state index in [1.807, 2.05) is 30.3 Å². The number of amides is 1. The summed E-state index contributed by atoms with van der Waals surface area (Å²) in [5.41, 5.74) is 0.991. The number of nitrogens with zero attached hydrogens (tertiary/aromatic N) is 1. The van der Waals surface area contributed by atoms with Crippen molar-refractivity contribution < 1.29 is 14.4 Å². The van der Waals surface area contributed by atoms with Gasteiger partial charge in [0.05, 0.1) is 12.6 Å². The third-order valence-electron chi connectivity index (χ3n) is 3.47. The summed E-state index contributed by atoms with van der Waals surface area (Å²) in [5.74, 6) is 0.664. The summed E-state index contributed by atoms with van der Waals surface area (Å²) < 4.78 is 5.25. The van der Waals surface area contributed by atoms with E-state index in [4.69, 9.17) is 9.57 Å². The fourth-order valence-electron chi connectivity index (χ4n) is 2.29. The van der Waals surface area contributed by atoms with Crippen LogP contribution in [0, 0.1) is 5.92 Å². The van der Waals surface area contributed by atoms with Gasteiger partial charge in [-0.2, -0.15) is 5.06 Å². The molecule has 4 heteroatoms. The van der Waals surface area contributed by atoms with Crippen LogP contribution >= 0.6 is 0 Å². The molecule has 0 N–H and O–H groups in total. The second-order valence-corrected chi connectivity index (χ2v) is 4.92. The highest BCUT2D eigenvalue weighted by atomic mass is 16.7. The van der Waals surface area contributed by atoms with Crippen LogP contribution in [0.2, 0.25) is 0 Å². The van der Waals surface area contributed by atoms with Crippen molar-refractivity contribution in [3.05, 3.63) is 35.9 Å². The molecule has 1 aliphatic heterocycles. The first-order valence-electron chi connectivity index (χ1n) is 6.48. The lowest BCUT2D eigenvalue weighted by Crippen LogP contribution is -2.32. The molecule has 0 bridgehead atoms. The van der Waals surface area contributed by atoms with Gasteiger partial charge in [0.15, 0.2) is 0 Å². The van der Waals surface area contributed by atoms with Crippen LogP contribution in [0.25, 0.3) is 0 Å². The van der Waals surface area contributed by atoms with Gasteiger partial charge in [-0.1, -0.05) is 30.3 Å². The molecule has 2 atom stereocenters. The molecule has 1 aromatic rings. The first-order valence-corrected chi connectivity index (χ1v) is 6.48. The largest absolute Gasteiger partial charge is 0.443 e. The van der Waals surface area contributed by atoms with Crippen molar-refractivity contribution in [1.82, 2.24) is 5.06 Å². The third-order valence-corrected chi connectivity index (χ3v) is 3.47. The molecule has 96 valence electrons. The topological polar surface area (TPSA) is 38.8 Å². The number of carbonyl (C=O) groups is 1. The number of rotatable bonds is 2. The Morgan fingerprint density at radius 1 is 1.39 bits per heavy atom. The average molecular weight is 247 g/mol. The molecule has 1 saturated heterocycles. The lowest BCUT2D eigenvalue weighted by molar-refractivity contribution is -0.144. The van der Waals surface area contributed by atoms with Gasteiger partial charge >= 0.3 is 6.09 Å². The molecule has 1 aliphatic carbocycles. The highest BCUT2D eigenvalue weighted by Gasteiger charge is 2.42. The van der Waals surface area contributed by atoms with Crippen LogP contribution in [-0.4, -0.2) is 23.8 Å². The van der Waals surface area contributed by atoms with Crippen LogP contribution in [-0.2, 0) is 16.2 Å². The fourth-order valence-corrected chi connectivity index (χ4v) is 2.29. The van der Waals surface area contributed by atoms with Crippen LogP contribution in [0.4, 0.5) is 4.79 Å². The molecule has 1 amide bonds. The molecular formula is C14H17NO3. The first-order chi connectivity index (χ1) is 8.83. The highest BCUT2D eigenvalue weighted by Crippen LogP contribution is 2.40. The van der Waals surface area contributed by atoms with Crippen LogP contribution < -0.4 is 0 Å². The second kappa shape index (κ2) is 4.98. The predicted octanol–water partition coefficient (Wildman–Crippen LogP) is 2.74. The van der Waals surface area contributed by atoms with E-state index in [-0.39, 0.29) is 12.2 Å². The zero-order valence-corrected chi connectivity index (χ0v) is 10.2. The van der Waals surface area contributed by atoms with Gasteiger partial charge in [-0.05, 0) is 30.7 Å². The van der Waals surface area contributed by atoms with Gasteiger partial charge in [0.25, 0.3) is 0 Å². The standard InChI is InChI=1S/C14H17NO3/c16-14(17-10-11-5-2-1-3-6-11)15-8-4-7-12-9-13(12)18-15/h1-3,5-6,12-13H,4,7-10H2. The summed E-state index contributed by atoms with van der Waals surface area (Å²) in [4.78, 5) is 17.5. The van der Waals surface area contributed by atoms with E-state index in [1.165, 1.54) is 5.06 Å². The highest BCUT2D eigenvalue weighted by molar-refractivity contribution is 5.66. The average Bonchev–Trinajstić information content (AvgIpc) is 3.14. The zero-order valence-electron chi connectivity index (χ0n) is 10.2. The van der Waals surface area contributed by atoms with Crippen molar-refractivity contribution in [2.75, 3.05) is 6.54 Å². The summed E-state index contributed by atoms with van der Waals surface area (Å²) in [5, 5.41) is 1.39. The fraction of sp³-hybridized carbons (Fsp3) is 0.500. The van der Waals surface area contributed by atoms with E-state index >= 15 is 0 Å². The SMILES string of the molecule is O=C(OCc1ccccc1)N1CCCC2CC2O1. The molecule has 1 heterocycles. The number of benzene rings is 1. The summed E-state index contributed by atoms with van der Waals surface area (Å²) in [7, 11) is 0. The van der Waals surface area contributed by atoms with E-state index in [9.17, 15) is 4.79 Å². The van der Waals surface area contributed by atoms with E-state index in [0.29, 0.717) is 19.1 Å². The van der Waals surface area contributed by atoms with Gasteiger partial charge in [0, 0.05) is 0 Å². The second-order valence-electron chi connectivity index (χ2n) is 4.92. The van der Waals surface area contributed by atoms with Crippen LogP contribution in [0.15, 0.2) is 30.3 Å². The minimum Gasteiger partial charge on any atom is -0.443 e. The van der Waals surface area contributed by atoms with Crippen molar-refractivity contribution >= 4 is 6.09 Å². The molecule has 0 aromatic heterocycles. The molecule has 0 spiro atoms. The monoisotopic (exact) mass is 247 g/mol. The molecule has 3 rings (SSSR count). The molecule has 1 saturated carbocycles. The maximum absolute atomic E-state index is 11.9. The normalized spacial score (nSPS) is 26.1. The summed E-state index contributed by atoms with van der Waals surface area (Å²) >= 11 is 0. The Bertz CT molecular complexity index is 420. The van der Waals surface area contributed by atoms with Gasteiger partial charge < -0.3 is 4.74 Å². The Hall–Kier alpha value is -1.55. The quantitative estimate of drug-likeness (QED) is 0.806. The van der Waals surface area contributed by atoms with Crippen LogP contribution in [0.3, 0.4) is 0 Å². The van der Waals surface area contributed by atoms with E-state index < -0.39 is 0 Å². The maximum atomic E-state index is 11.9. The number of ether oxygens (including phenoxy) is 1. The summed E-state index contributed by atoms with van der Waals surface area (Å²) in [6.07, 6.45) is 3.13. The number of hydrogen-bond donors (Lipinski definition) is 0. The molecule has 2 unspecified atom stereocenters. The Morgan fingerprint density at radius 2 is 2.22 bits per heavy atom. The molecule has 18 heavy (non-hydrogen) atoms. The Labute approximate surface area is 106 Å². The molecule has 2 aliphatic rings. The number of hydroxylamine groups is 2. The number of carbonyl (C=O) groups excluding carboxylic acids is 1.